The number of nitrogens with zero attached hydrogens (tertiary/aromatic N) is 3. The topological polar surface area (TPSA) is 91.8 Å². The number of halogens is 1. The van der Waals surface area contributed by atoms with E-state index in [2.05, 4.69) is 36.1 Å². The van der Waals surface area contributed by atoms with Crippen LogP contribution in [0.25, 0.3) is 11.3 Å². The second kappa shape index (κ2) is 4.25. The van der Waals surface area contributed by atoms with Gasteiger partial charge in [0.15, 0.2) is 0 Å². The number of carbonyl (C=O) groups is 1. The molecule has 2 aromatic heterocycles. The second-order valence-corrected chi connectivity index (χ2v) is 4.35. The van der Waals surface area contributed by atoms with Crippen molar-refractivity contribution in [2.75, 3.05) is 0 Å². The number of nitrogens with one attached hydrogen (secondary N) is 1. The quantitative estimate of drug-likeness (QED) is 0.884. The normalized spacial score (nSPS) is 10.5. The molecule has 2 aromatic rings. The number of aromatic nitrogens is 4. The fourth-order valence-corrected chi connectivity index (χ4v) is 2.01. The largest absolute Gasteiger partial charge is 0.475 e. The standard InChI is InChI=1S/C10H9BrN4O2/c1-4-7(8-6(11)3-12-15-8)5(2)14-9(13-4)10(16)17/h3H,1-2H3,(H,12,15)(H,16,17). The van der Waals surface area contributed by atoms with Crippen LogP contribution in [0.5, 0.6) is 0 Å². The van der Waals surface area contributed by atoms with E-state index in [1.807, 2.05) is 0 Å². The van der Waals surface area contributed by atoms with E-state index in [0.717, 1.165) is 15.7 Å². The zero-order valence-electron chi connectivity index (χ0n) is 9.15. The summed E-state index contributed by atoms with van der Waals surface area (Å²) >= 11 is 3.35. The second-order valence-electron chi connectivity index (χ2n) is 3.49. The molecule has 17 heavy (non-hydrogen) atoms. The highest BCUT2D eigenvalue weighted by atomic mass is 79.9. The van der Waals surface area contributed by atoms with Crippen molar-refractivity contribution < 1.29 is 9.90 Å². The van der Waals surface area contributed by atoms with Crippen molar-refractivity contribution in [1.29, 1.82) is 0 Å². The van der Waals surface area contributed by atoms with Gasteiger partial charge in [0.25, 0.3) is 0 Å². The highest BCUT2D eigenvalue weighted by molar-refractivity contribution is 9.10. The number of aromatic carboxylic acids is 1. The molecule has 0 atom stereocenters. The molecule has 88 valence electrons. The molecule has 0 aliphatic carbocycles. The van der Waals surface area contributed by atoms with Crippen molar-refractivity contribution in [2.45, 2.75) is 13.8 Å². The third kappa shape index (κ3) is 2.05. The first-order valence-electron chi connectivity index (χ1n) is 4.78. The average Bonchev–Trinajstić information content (AvgIpc) is 2.64. The van der Waals surface area contributed by atoms with Crippen molar-refractivity contribution in [3.05, 3.63) is 27.9 Å². The Morgan fingerprint density at radius 2 is 1.94 bits per heavy atom. The third-order valence-corrected chi connectivity index (χ3v) is 2.91. The van der Waals surface area contributed by atoms with E-state index in [9.17, 15) is 4.79 Å². The predicted molar refractivity (Wildman–Crippen MR) is 63.7 cm³/mol. The number of carboxylic acids is 1. The summed E-state index contributed by atoms with van der Waals surface area (Å²) in [6.07, 6.45) is 1.62. The van der Waals surface area contributed by atoms with E-state index in [1.165, 1.54) is 0 Å². The van der Waals surface area contributed by atoms with E-state index in [0.29, 0.717) is 11.4 Å². The number of aromatic amines is 1. The van der Waals surface area contributed by atoms with Gasteiger partial charge in [-0.3, -0.25) is 5.10 Å². The highest BCUT2D eigenvalue weighted by Gasteiger charge is 2.17. The van der Waals surface area contributed by atoms with Crippen LogP contribution in [0.15, 0.2) is 10.7 Å². The van der Waals surface area contributed by atoms with E-state index >= 15 is 0 Å². The summed E-state index contributed by atoms with van der Waals surface area (Å²) in [4.78, 5) is 18.7. The number of rotatable bonds is 2. The van der Waals surface area contributed by atoms with E-state index < -0.39 is 5.97 Å². The lowest BCUT2D eigenvalue weighted by atomic mass is 10.1. The van der Waals surface area contributed by atoms with Crippen LogP contribution in [0.3, 0.4) is 0 Å². The molecule has 7 heteroatoms. The van der Waals surface area contributed by atoms with Crippen molar-refractivity contribution in [3.63, 3.8) is 0 Å². The maximum Gasteiger partial charge on any atom is 0.373 e. The summed E-state index contributed by atoms with van der Waals surface area (Å²) in [5.74, 6) is -1.33. The van der Waals surface area contributed by atoms with Crippen LogP contribution in [0, 0.1) is 13.8 Å². The molecule has 2 rings (SSSR count). The molecule has 0 radical (unpaired) electrons. The summed E-state index contributed by atoms with van der Waals surface area (Å²) in [7, 11) is 0. The Morgan fingerprint density at radius 1 is 1.35 bits per heavy atom. The van der Waals surface area contributed by atoms with Gasteiger partial charge in [0.1, 0.15) is 0 Å². The molecule has 0 unspecified atom stereocenters. The lowest BCUT2D eigenvalue weighted by molar-refractivity contribution is 0.0683. The Hall–Kier alpha value is -1.76. The van der Waals surface area contributed by atoms with Crippen LogP contribution < -0.4 is 0 Å². The molecule has 0 aliphatic rings. The molecule has 6 nitrogen and oxygen atoms in total. The Balaban J connectivity index is 2.65. The van der Waals surface area contributed by atoms with Crippen molar-refractivity contribution in [3.8, 4) is 11.3 Å². The molecule has 0 amide bonds. The molecule has 0 fully saturated rings. The molecular formula is C10H9BrN4O2. The van der Waals surface area contributed by atoms with Crippen LogP contribution in [-0.2, 0) is 0 Å². The number of hydrogen-bond donors (Lipinski definition) is 2. The molecule has 0 spiro atoms. The maximum absolute atomic E-state index is 10.8. The summed E-state index contributed by atoms with van der Waals surface area (Å²) in [5, 5.41) is 15.6. The van der Waals surface area contributed by atoms with Gasteiger partial charge in [-0.1, -0.05) is 0 Å². The summed E-state index contributed by atoms with van der Waals surface area (Å²) < 4.78 is 0.787. The van der Waals surface area contributed by atoms with Crippen LogP contribution in [-0.4, -0.2) is 31.2 Å². The Kier molecular flexibility index (Phi) is 2.93. The van der Waals surface area contributed by atoms with Gasteiger partial charge >= 0.3 is 5.97 Å². The van der Waals surface area contributed by atoms with Crippen LogP contribution in [0.4, 0.5) is 0 Å². The lowest BCUT2D eigenvalue weighted by Crippen LogP contribution is -2.08. The van der Waals surface area contributed by atoms with Crippen molar-refractivity contribution in [2.24, 2.45) is 0 Å². The van der Waals surface area contributed by atoms with Gasteiger partial charge in [-0.25, -0.2) is 14.8 Å². The number of carboxylic acid groups (broad SMARTS) is 1. The fourth-order valence-electron chi connectivity index (χ4n) is 1.62. The van der Waals surface area contributed by atoms with E-state index in [-0.39, 0.29) is 5.82 Å². The average molecular weight is 297 g/mol. The SMILES string of the molecule is Cc1nc(C(=O)O)nc(C)c1-c1[nH]ncc1Br. The molecule has 0 saturated carbocycles. The first kappa shape index (κ1) is 11.7. The molecule has 0 saturated heterocycles. The maximum atomic E-state index is 10.8. The minimum absolute atomic E-state index is 0.195. The Labute approximate surface area is 105 Å². The lowest BCUT2D eigenvalue weighted by Gasteiger charge is -2.07. The predicted octanol–water partition coefficient (Wildman–Crippen LogP) is 1.94. The minimum Gasteiger partial charge on any atom is -0.475 e. The smallest absolute Gasteiger partial charge is 0.373 e. The fraction of sp³-hybridized carbons (Fsp3) is 0.200. The highest BCUT2D eigenvalue weighted by Crippen LogP contribution is 2.29. The van der Waals surface area contributed by atoms with Gasteiger partial charge in [0, 0.05) is 5.56 Å². The molecule has 0 aliphatic heterocycles. The van der Waals surface area contributed by atoms with Crippen molar-refractivity contribution in [1.82, 2.24) is 20.2 Å². The zero-order chi connectivity index (χ0) is 12.6. The van der Waals surface area contributed by atoms with Gasteiger partial charge < -0.3 is 5.11 Å². The van der Waals surface area contributed by atoms with Crippen molar-refractivity contribution >= 4 is 21.9 Å². The van der Waals surface area contributed by atoms with Crippen LogP contribution in [0.2, 0.25) is 0 Å². The molecular weight excluding hydrogens is 288 g/mol. The Bertz CT molecular complexity index is 571. The van der Waals surface area contributed by atoms with Gasteiger partial charge in [0.2, 0.25) is 5.82 Å². The molecule has 2 N–H and O–H groups in total. The minimum atomic E-state index is -1.13. The molecule has 0 bridgehead atoms. The number of H-pyrrole nitrogens is 1. The monoisotopic (exact) mass is 296 g/mol. The van der Waals surface area contributed by atoms with E-state index in [4.69, 9.17) is 5.11 Å². The summed E-state index contributed by atoms with van der Waals surface area (Å²) in [5.41, 5.74) is 2.70. The third-order valence-electron chi connectivity index (χ3n) is 2.31. The zero-order valence-corrected chi connectivity index (χ0v) is 10.7. The molecule has 0 aromatic carbocycles. The summed E-state index contributed by atoms with van der Waals surface area (Å²) in [6, 6.07) is 0. The van der Waals surface area contributed by atoms with E-state index in [1.54, 1.807) is 20.0 Å². The van der Waals surface area contributed by atoms with Crippen LogP contribution in [0.1, 0.15) is 22.0 Å². The molecule has 2 heterocycles. The number of aryl methyl sites for hydroxylation is 2. The summed E-state index contributed by atoms with van der Waals surface area (Å²) in [6.45, 7) is 3.48. The Morgan fingerprint density at radius 3 is 2.35 bits per heavy atom. The van der Waals surface area contributed by atoms with Gasteiger partial charge in [-0.05, 0) is 29.8 Å². The first-order chi connectivity index (χ1) is 8.00. The van der Waals surface area contributed by atoms with Gasteiger partial charge in [0.05, 0.1) is 27.8 Å². The van der Waals surface area contributed by atoms with Crippen LogP contribution >= 0.6 is 15.9 Å². The first-order valence-corrected chi connectivity index (χ1v) is 5.57. The van der Waals surface area contributed by atoms with Gasteiger partial charge in [-0.15, -0.1) is 0 Å². The number of hydrogen-bond acceptors (Lipinski definition) is 4. The van der Waals surface area contributed by atoms with Gasteiger partial charge in [-0.2, -0.15) is 5.10 Å².